The zero-order valence-corrected chi connectivity index (χ0v) is 12.2. The van der Waals surface area contributed by atoms with Crippen LogP contribution in [-0.2, 0) is 11.3 Å². The van der Waals surface area contributed by atoms with Crippen molar-refractivity contribution in [2.75, 3.05) is 13.1 Å². The first-order valence-corrected chi connectivity index (χ1v) is 7.68. The van der Waals surface area contributed by atoms with Crippen molar-refractivity contribution in [2.24, 2.45) is 5.92 Å². The topological polar surface area (TPSA) is 86.9 Å². The van der Waals surface area contributed by atoms with Crippen molar-refractivity contribution in [1.82, 2.24) is 19.6 Å². The number of nitrogens with one attached hydrogen (secondary N) is 1. The number of rotatable bonds is 3. The van der Waals surface area contributed by atoms with Gasteiger partial charge in [0.2, 0.25) is 0 Å². The molecule has 2 amide bonds. The second-order valence-corrected chi connectivity index (χ2v) is 5.98. The maximum atomic E-state index is 12.1. The van der Waals surface area contributed by atoms with Crippen LogP contribution in [0.5, 0.6) is 0 Å². The third-order valence-corrected chi connectivity index (χ3v) is 4.39. The van der Waals surface area contributed by atoms with Crippen LogP contribution < -0.4 is 5.32 Å². The van der Waals surface area contributed by atoms with Crippen LogP contribution in [0.2, 0.25) is 0 Å². The van der Waals surface area contributed by atoms with Gasteiger partial charge in [0.1, 0.15) is 0 Å². The molecular formula is C13H16N4O3S. The predicted molar refractivity (Wildman–Crippen MR) is 77.2 cm³/mol. The van der Waals surface area contributed by atoms with E-state index in [1.54, 1.807) is 4.90 Å². The summed E-state index contributed by atoms with van der Waals surface area (Å²) in [5.74, 6) is -1.29. The molecule has 1 aliphatic rings. The number of amides is 2. The monoisotopic (exact) mass is 308 g/mol. The minimum atomic E-state index is -0.832. The molecule has 0 radical (unpaired) electrons. The molecule has 0 saturated carbocycles. The number of aromatic nitrogens is 2. The van der Waals surface area contributed by atoms with Crippen molar-refractivity contribution in [3.05, 3.63) is 23.5 Å². The van der Waals surface area contributed by atoms with E-state index in [0.29, 0.717) is 19.5 Å². The molecule has 1 aliphatic heterocycles. The standard InChI is InChI=1S/C13H16N4O3S/c18-11(19)9-2-1-3-16(7-9)12(20)14-6-10-8-17-4-5-21-13(17)15-10/h4-5,8-9H,1-3,6-7H2,(H,14,20)(H,18,19). The lowest BCUT2D eigenvalue weighted by Crippen LogP contribution is -2.46. The average Bonchev–Trinajstić information content (AvgIpc) is 3.05. The lowest BCUT2D eigenvalue weighted by atomic mass is 9.99. The van der Waals surface area contributed by atoms with Crippen LogP contribution in [0.3, 0.4) is 0 Å². The fourth-order valence-electron chi connectivity index (χ4n) is 2.50. The summed E-state index contributed by atoms with van der Waals surface area (Å²) >= 11 is 1.54. The molecule has 2 N–H and O–H groups in total. The number of hydrogen-bond donors (Lipinski definition) is 2. The summed E-state index contributed by atoms with van der Waals surface area (Å²) in [6.07, 6.45) is 5.16. The fraction of sp³-hybridized carbons (Fsp3) is 0.462. The number of hydrogen-bond acceptors (Lipinski definition) is 4. The zero-order chi connectivity index (χ0) is 14.8. The van der Waals surface area contributed by atoms with E-state index < -0.39 is 11.9 Å². The van der Waals surface area contributed by atoms with Crippen LogP contribution in [0.25, 0.3) is 4.96 Å². The van der Waals surface area contributed by atoms with Gasteiger partial charge in [0, 0.05) is 30.9 Å². The third kappa shape index (κ3) is 2.99. The number of fused-ring (bicyclic) bond motifs is 1. The Morgan fingerprint density at radius 1 is 1.52 bits per heavy atom. The number of carbonyl (C=O) groups excluding carboxylic acids is 1. The molecule has 112 valence electrons. The van der Waals surface area contributed by atoms with Crippen molar-refractivity contribution in [1.29, 1.82) is 0 Å². The Hall–Kier alpha value is -2.09. The number of nitrogens with zero attached hydrogens (tertiary/aromatic N) is 3. The number of carboxylic acids is 1. The highest BCUT2D eigenvalue weighted by molar-refractivity contribution is 7.15. The quantitative estimate of drug-likeness (QED) is 0.897. The first kappa shape index (κ1) is 13.9. The van der Waals surface area contributed by atoms with Crippen molar-refractivity contribution in [2.45, 2.75) is 19.4 Å². The zero-order valence-electron chi connectivity index (χ0n) is 11.4. The summed E-state index contributed by atoms with van der Waals surface area (Å²) < 4.78 is 1.91. The van der Waals surface area contributed by atoms with E-state index in [2.05, 4.69) is 10.3 Å². The summed E-state index contributed by atoms with van der Waals surface area (Å²) in [7, 11) is 0. The van der Waals surface area contributed by atoms with Crippen molar-refractivity contribution >= 4 is 28.3 Å². The van der Waals surface area contributed by atoms with Crippen LogP contribution in [0.15, 0.2) is 17.8 Å². The molecular weight excluding hydrogens is 292 g/mol. The second-order valence-electron chi connectivity index (χ2n) is 5.11. The van der Waals surface area contributed by atoms with Crippen LogP contribution in [0, 0.1) is 5.92 Å². The Morgan fingerprint density at radius 3 is 3.14 bits per heavy atom. The maximum Gasteiger partial charge on any atom is 0.317 e. The molecule has 2 aromatic heterocycles. The van der Waals surface area contributed by atoms with Gasteiger partial charge in [0.05, 0.1) is 18.2 Å². The molecule has 7 nitrogen and oxygen atoms in total. The first-order chi connectivity index (χ1) is 10.1. The molecule has 0 spiro atoms. The third-order valence-electron chi connectivity index (χ3n) is 3.62. The van der Waals surface area contributed by atoms with Gasteiger partial charge in [-0.2, -0.15) is 0 Å². The van der Waals surface area contributed by atoms with Gasteiger partial charge in [0.15, 0.2) is 4.96 Å². The number of likely N-dealkylation sites (tertiary alicyclic amines) is 1. The summed E-state index contributed by atoms with van der Waals surface area (Å²) in [6.45, 7) is 1.23. The Bertz CT molecular complexity index is 637. The number of carboxylic acid groups (broad SMARTS) is 1. The molecule has 8 heteroatoms. The van der Waals surface area contributed by atoms with Crippen LogP contribution >= 0.6 is 11.3 Å². The van der Waals surface area contributed by atoms with Gasteiger partial charge in [0.25, 0.3) is 0 Å². The van der Waals surface area contributed by atoms with E-state index in [1.165, 1.54) is 11.3 Å². The van der Waals surface area contributed by atoms with Gasteiger partial charge in [-0.05, 0) is 12.8 Å². The minimum absolute atomic E-state index is 0.225. The summed E-state index contributed by atoms with van der Waals surface area (Å²) in [5, 5.41) is 13.8. The highest BCUT2D eigenvalue weighted by atomic mass is 32.1. The lowest BCUT2D eigenvalue weighted by Gasteiger charge is -2.30. The van der Waals surface area contributed by atoms with E-state index in [1.807, 2.05) is 22.2 Å². The van der Waals surface area contributed by atoms with Gasteiger partial charge >= 0.3 is 12.0 Å². The van der Waals surface area contributed by atoms with Crippen molar-refractivity contribution in [3.8, 4) is 0 Å². The average molecular weight is 308 g/mol. The SMILES string of the molecule is O=C(O)C1CCCN(C(=O)NCc2cn3ccsc3n2)C1. The molecule has 3 rings (SSSR count). The molecule has 21 heavy (non-hydrogen) atoms. The van der Waals surface area contributed by atoms with E-state index >= 15 is 0 Å². The molecule has 1 fully saturated rings. The highest BCUT2D eigenvalue weighted by Crippen LogP contribution is 2.17. The smallest absolute Gasteiger partial charge is 0.317 e. The number of urea groups is 1. The maximum absolute atomic E-state index is 12.1. The molecule has 1 unspecified atom stereocenters. The van der Waals surface area contributed by atoms with Crippen LogP contribution in [0.1, 0.15) is 18.5 Å². The molecule has 3 heterocycles. The molecule has 0 bridgehead atoms. The largest absolute Gasteiger partial charge is 0.481 e. The summed E-state index contributed by atoms with van der Waals surface area (Å²) in [6, 6.07) is -0.225. The first-order valence-electron chi connectivity index (χ1n) is 6.80. The molecule has 0 aromatic carbocycles. The van der Waals surface area contributed by atoms with Crippen LogP contribution in [-0.4, -0.2) is 44.5 Å². The summed E-state index contributed by atoms with van der Waals surface area (Å²) in [5.41, 5.74) is 0.794. The van der Waals surface area contributed by atoms with E-state index in [9.17, 15) is 9.59 Å². The Kier molecular flexibility index (Phi) is 3.78. The normalized spacial score (nSPS) is 18.9. The predicted octanol–water partition coefficient (Wildman–Crippen LogP) is 1.40. The number of piperidine rings is 1. The molecule has 1 atom stereocenters. The highest BCUT2D eigenvalue weighted by Gasteiger charge is 2.27. The second kappa shape index (κ2) is 5.72. The van der Waals surface area contributed by atoms with Gasteiger partial charge in [-0.15, -0.1) is 11.3 Å². The van der Waals surface area contributed by atoms with Gasteiger partial charge in [-0.25, -0.2) is 9.78 Å². The summed E-state index contributed by atoms with van der Waals surface area (Å²) in [4.78, 5) is 29.9. The van der Waals surface area contributed by atoms with Crippen molar-refractivity contribution < 1.29 is 14.7 Å². The Balaban J connectivity index is 1.56. The van der Waals surface area contributed by atoms with Crippen molar-refractivity contribution in [3.63, 3.8) is 0 Å². The molecule has 2 aromatic rings. The minimum Gasteiger partial charge on any atom is -0.481 e. The lowest BCUT2D eigenvalue weighted by molar-refractivity contribution is -0.143. The van der Waals surface area contributed by atoms with Gasteiger partial charge in [-0.1, -0.05) is 0 Å². The molecule has 1 saturated heterocycles. The number of imidazole rings is 1. The number of carbonyl (C=O) groups is 2. The van der Waals surface area contributed by atoms with Gasteiger partial charge < -0.3 is 15.3 Å². The van der Waals surface area contributed by atoms with Crippen LogP contribution in [0.4, 0.5) is 4.79 Å². The van der Waals surface area contributed by atoms with E-state index in [4.69, 9.17) is 5.11 Å². The molecule has 0 aliphatic carbocycles. The Morgan fingerprint density at radius 2 is 2.38 bits per heavy atom. The Labute approximate surface area is 125 Å². The number of aliphatic carboxylic acids is 1. The van der Waals surface area contributed by atoms with Gasteiger partial charge in [-0.3, -0.25) is 9.20 Å². The van der Waals surface area contributed by atoms with E-state index in [-0.39, 0.29) is 12.6 Å². The fourth-order valence-corrected chi connectivity index (χ4v) is 3.22. The number of thiazole rings is 1. The van der Waals surface area contributed by atoms with E-state index in [0.717, 1.165) is 17.1 Å².